The zero-order valence-corrected chi connectivity index (χ0v) is 16.8. The molecule has 1 fully saturated rings. The van der Waals surface area contributed by atoms with Gasteiger partial charge in [0, 0.05) is 18.3 Å². The lowest BCUT2D eigenvalue weighted by Gasteiger charge is -2.30. The van der Waals surface area contributed by atoms with Crippen molar-refractivity contribution in [3.63, 3.8) is 0 Å². The topological polar surface area (TPSA) is 53.6 Å². The molecule has 4 nitrogen and oxygen atoms in total. The number of aryl methyl sites for hydroxylation is 1. The number of nitrogens with zero attached hydrogens (tertiary/aromatic N) is 2. The van der Waals surface area contributed by atoms with Gasteiger partial charge in [-0.15, -0.1) is 24.0 Å². The van der Waals surface area contributed by atoms with Crippen LogP contribution in [0, 0.1) is 6.92 Å². The van der Waals surface area contributed by atoms with Crippen LogP contribution in [0.5, 0.6) is 0 Å². The molecule has 0 radical (unpaired) electrons. The van der Waals surface area contributed by atoms with E-state index in [2.05, 4.69) is 41.3 Å². The summed E-state index contributed by atoms with van der Waals surface area (Å²) >= 11 is 0. The Kier molecular flexibility index (Phi) is 9.55. The second-order valence-electron chi connectivity index (χ2n) is 6.39. The maximum Gasteiger partial charge on any atom is 0.193 e. The third kappa shape index (κ3) is 7.52. The number of nitrogens with two attached hydrogens (primary N) is 1. The normalized spacial score (nSPS) is 16.2. The Balaban J connectivity index is 0.00000264. The van der Waals surface area contributed by atoms with Gasteiger partial charge in [0.05, 0.1) is 0 Å². The van der Waals surface area contributed by atoms with Crippen LogP contribution in [-0.4, -0.2) is 37.0 Å². The van der Waals surface area contributed by atoms with Gasteiger partial charge in [-0.3, -0.25) is 4.99 Å². The number of nitrogens with one attached hydrogen (secondary N) is 1. The van der Waals surface area contributed by atoms with E-state index in [4.69, 9.17) is 5.73 Å². The van der Waals surface area contributed by atoms with Crippen LogP contribution in [0.3, 0.4) is 0 Å². The quantitative estimate of drug-likeness (QED) is 0.311. The zero-order chi connectivity index (χ0) is 15.8. The summed E-state index contributed by atoms with van der Waals surface area (Å²) in [4.78, 5) is 6.92. The van der Waals surface area contributed by atoms with E-state index in [-0.39, 0.29) is 24.0 Å². The standard InChI is InChI=1S/C18H30N4.HI/c1-15-8-6-9-16(14-15)21-18(19)20-12-7-13-22(2)17-10-4-3-5-11-17;/h6,8-9,14,17H,3-5,7,10-13H2,1-2H3,(H3,19,20,21);1H. The van der Waals surface area contributed by atoms with Crippen molar-refractivity contribution in [2.24, 2.45) is 10.7 Å². The largest absolute Gasteiger partial charge is 0.370 e. The van der Waals surface area contributed by atoms with Gasteiger partial charge in [-0.05, 0) is 57.5 Å². The van der Waals surface area contributed by atoms with E-state index >= 15 is 0 Å². The molecular weight excluding hydrogens is 399 g/mol. The average molecular weight is 430 g/mol. The van der Waals surface area contributed by atoms with Crippen LogP contribution in [0.4, 0.5) is 5.69 Å². The Labute approximate surface area is 157 Å². The minimum atomic E-state index is 0. The molecule has 1 aromatic rings. The molecule has 2 rings (SSSR count). The van der Waals surface area contributed by atoms with Crippen molar-refractivity contribution in [2.45, 2.75) is 51.5 Å². The van der Waals surface area contributed by atoms with Crippen molar-refractivity contribution < 1.29 is 0 Å². The fraction of sp³-hybridized carbons (Fsp3) is 0.611. The van der Waals surface area contributed by atoms with E-state index in [0.29, 0.717) is 5.96 Å². The van der Waals surface area contributed by atoms with E-state index in [1.807, 2.05) is 12.1 Å². The monoisotopic (exact) mass is 430 g/mol. The van der Waals surface area contributed by atoms with Crippen LogP contribution in [0.1, 0.15) is 44.1 Å². The van der Waals surface area contributed by atoms with E-state index in [1.165, 1.54) is 37.7 Å². The summed E-state index contributed by atoms with van der Waals surface area (Å²) in [5.74, 6) is 0.505. The molecule has 0 amide bonds. The van der Waals surface area contributed by atoms with Crippen LogP contribution < -0.4 is 11.1 Å². The van der Waals surface area contributed by atoms with Gasteiger partial charge in [-0.1, -0.05) is 31.4 Å². The molecule has 0 spiro atoms. The maximum absolute atomic E-state index is 5.94. The third-order valence-electron chi connectivity index (χ3n) is 4.44. The molecule has 0 heterocycles. The number of rotatable bonds is 6. The Morgan fingerprint density at radius 1 is 1.30 bits per heavy atom. The molecule has 1 saturated carbocycles. The Bertz CT molecular complexity index is 484. The first-order valence-corrected chi connectivity index (χ1v) is 8.49. The van der Waals surface area contributed by atoms with Gasteiger partial charge >= 0.3 is 0 Å². The highest BCUT2D eigenvalue weighted by molar-refractivity contribution is 14.0. The second-order valence-corrected chi connectivity index (χ2v) is 6.39. The SMILES string of the molecule is Cc1cccc(NC(N)=NCCCN(C)C2CCCCC2)c1.I. The van der Waals surface area contributed by atoms with Crippen molar-refractivity contribution in [2.75, 3.05) is 25.5 Å². The molecule has 23 heavy (non-hydrogen) atoms. The molecule has 1 aliphatic carbocycles. The van der Waals surface area contributed by atoms with E-state index in [0.717, 1.165) is 31.2 Å². The number of hydrogen-bond acceptors (Lipinski definition) is 2. The van der Waals surface area contributed by atoms with Gasteiger partial charge in [0.15, 0.2) is 5.96 Å². The summed E-state index contributed by atoms with van der Waals surface area (Å²) in [6, 6.07) is 8.94. The first-order valence-electron chi connectivity index (χ1n) is 8.49. The lowest BCUT2D eigenvalue weighted by atomic mass is 9.94. The van der Waals surface area contributed by atoms with E-state index < -0.39 is 0 Å². The van der Waals surface area contributed by atoms with Gasteiger partial charge in [0.2, 0.25) is 0 Å². The van der Waals surface area contributed by atoms with Crippen molar-refractivity contribution in [1.82, 2.24) is 4.90 Å². The number of halogens is 1. The number of anilines is 1. The highest BCUT2D eigenvalue weighted by Crippen LogP contribution is 2.21. The van der Waals surface area contributed by atoms with Gasteiger partial charge in [0.25, 0.3) is 0 Å². The number of hydrogen-bond donors (Lipinski definition) is 2. The van der Waals surface area contributed by atoms with Crippen LogP contribution in [0.15, 0.2) is 29.3 Å². The van der Waals surface area contributed by atoms with Crippen molar-refractivity contribution in [3.05, 3.63) is 29.8 Å². The summed E-state index contributed by atoms with van der Waals surface area (Å²) in [7, 11) is 2.24. The number of guanidine groups is 1. The highest BCUT2D eigenvalue weighted by Gasteiger charge is 2.17. The molecule has 130 valence electrons. The van der Waals surface area contributed by atoms with Crippen molar-refractivity contribution >= 4 is 35.6 Å². The summed E-state index contributed by atoms with van der Waals surface area (Å²) in [5.41, 5.74) is 8.16. The minimum absolute atomic E-state index is 0. The fourth-order valence-electron chi connectivity index (χ4n) is 3.13. The Hall–Kier alpha value is -0.820. The highest BCUT2D eigenvalue weighted by atomic mass is 127. The minimum Gasteiger partial charge on any atom is -0.370 e. The predicted molar refractivity (Wildman–Crippen MR) is 111 cm³/mol. The third-order valence-corrected chi connectivity index (χ3v) is 4.44. The maximum atomic E-state index is 5.94. The first-order chi connectivity index (χ1) is 10.6. The van der Waals surface area contributed by atoms with Crippen LogP contribution in [0.2, 0.25) is 0 Å². The van der Waals surface area contributed by atoms with Gasteiger partial charge in [0.1, 0.15) is 0 Å². The molecule has 0 aliphatic heterocycles. The van der Waals surface area contributed by atoms with E-state index in [9.17, 15) is 0 Å². The van der Waals surface area contributed by atoms with Crippen LogP contribution >= 0.6 is 24.0 Å². The molecule has 0 atom stereocenters. The lowest BCUT2D eigenvalue weighted by Crippen LogP contribution is -2.34. The Morgan fingerprint density at radius 2 is 2.04 bits per heavy atom. The molecule has 0 unspecified atom stereocenters. The fourth-order valence-corrected chi connectivity index (χ4v) is 3.13. The molecule has 5 heteroatoms. The van der Waals surface area contributed by atoms with Gasteiger partial charge in [-0.2, -0.15) is 0 Å². The lowest BCUT2D eigenvalue weighted by molar-refractivity contribution is 0.191. The molecule has 1 aromatic carbocycles. The molecule has 0 saturated heterocycles. The average Bonchev–Trinajstić information content (AvgIpc) is 2.52. The van der Waals surface area contributed by atoms with Crippen LogP contribution in [-0.2, 0) is 0 Å². The molecule has 0 aromatic heterocycles. The smallest absolute Gasteiger partial charge is 0.193 e. The number of aliphatic imine (C=N–C) groups is 1. The van der Waals surface area contributed by atoms with Gasteiger partial charge < -0.3 is 16.0 Å². The zero-order valence-electron chi connectivity index (χ0n) is 14.4. The van der Waals surface area contributed by atoms with Crippen molar-refractivity contribution in [3.8, 4) is 0 Å². The first kappa shape index (κ1) is 20.2. The molecular formula is C18H31IN4. The second kappa shape index (κ2) is 10.9. The number of benzene rings is 1. The van der Waals surface area contributed by atoms with Gasteiger partial charge in [-0.25, -0.2) is 0 Å². The summed E-state index contributed by atoms with van der Waals surface area (Å²) < 4.78 is 0. The van der Waals surface area contributed by atoms with Crippen molar-refractivity contribution in [1.29, 1.82) is 0 Å². The van der Waals surface area contributed by atoms with E-state index in [1.54, 1.807) is 0 Å². The summed E-state index contributed by atoms with van der Waals surface area (Å²) in [6.07, 6.45) is 7.97. The Morgan fingerprint density at radius 3 is 2.74 bits per heavy atom. The molecule has 3 N–H and O–H groups in total. The molecule has 1 aliphatic rings. The summed E-state index contributed by atoms with van der Waals surface area (Å²) in [6.45, 7) is 3.95. The molecule has 0 bridgehead atoms. The predicted octanol–water partition coefficient (Wildman–Crippen LogP) is 3.99. The summed E-state index contributed by atoms with van der Waals surface area (Å²) in [5, 5.41) is 3.15. The van der Waals surface area contributed by atoms with Crippen LogP contribution in [0.25, 0.3) is 0 Å².